The van der Waals surface area contributed by atoms with Crippen molar-refractivity contribution in [2.75, 3.05) is 46.4 Å². The molecule has 6 nitrogen and oxygen atoms in total. The minimum atomic E-state index is 0.0994. The number of aliphatic hydroxyl groups excluding tert-OH is 1. The molecule has 0 aliphatic carbocycles. The summed E-state index contributed by atoms with van der Waals surface area (Å²) in [5, 5.41) is 15.8. The van der Waals surface area contributed by atoms with Crippen molar-refractivity contribution < 1.29 is 19.2 Å². The molecular formula is C43H84N3O3+. The summed E-state index contributed by atoms with van der Waals surface area (Å²) in [6, 6.07) is 0. The van der Waals surface area contributed by atoms with Crippen LogP contribution in [0.25, 0.3) is 0 Å². The first-order valence-corrected chi connectivity index (χ1v) is 21.2. The molecule has 2 amide bonds. The quantitative estimate of drug-likeness (QED) is 0.0343. The Morgan fingerprint density at radius 2 is 0.776 bits per heavy atom. The third-order valence-electron chi connectivity index (χ3n) is 9.92. The summed E-state index contributed by atoms with van der Waals surface area (Å²) in [5.74, 6) is 0.253. The maximum absolute atomic E-state index is 12.4. The van der Waals surface area contributed by atoms with Crippen LogP contribution in [0.5, 0.6) is 0 Å². The van der Waals surface area contributed by atoms with Crippen molar-refractivity contribution in [1.29, 1.82) is 0 Å². The van der Waals surface area contributed by atoms with E-state index in [1.54, 1.807) is 0 Å². The number of carbonyl (C=O) groups is 2. The number of hydrogen-bond donors (Lipinski definition) is 3. The zero-order chi connectivity index (χ0) is 35.9. The van der Waals surface area contributed by atoms with Crippen LogP contribution in [0.4, 0.5) is 0 Å². The van der Waals surface area contributed by atoms with Gasteiger partial charge in [-0.25, -0.2) is 0 Å². The van der Waals surface area contributed by atoms with Crippen molar-refractivity contribution in [3.63, 3.8) is 0 Å². The van der Waals surface area contributed by atoms with Crippen molar-refractivity contribution in [2.24, 2.45) is 0 Å². The Balaban J connectivity index is 3.75. The predicted octanol–water partition coefficient (Wildman–Crippen LogP) is 10.7. The monoisotopic (exact) mass is 691 g/mol. The average molecular weight is 691 g/mol. The van der Waals surface area contributed by atoms with Gasteiger partial charge in [-0.1, -0.05) is 141 Å². The van der Waals surface area contributed by atoms with Crippen LogP contribution >= 0.6 is 0 Å². The van der Waals surface area contributed by atoms with E-state index in [-0.39, 0.29) is 18.4 Å². The van der Waals surface area contributed by atoms with E-state index >= 15 is 0 Å². The van der Waals surface area contributed by atoms with Gasteiger partial charge in [-0.05, 0) is 64.2 Å². The van der Waals surface area contributed by atoms with Crippen LogP contribution in [0.2, 0.25) is 0 Å². The predicted molar refractivity (Wildman–Crippen MR) is 213 cm³/mol. The molecule has 0 aliphatic rings. The van der Waals surface area contributed by atoms with Crippen LogP contribution < -0.4 is 10.6 Å². The lowest BCUT2D eigenvalue weighted by Crippen LogP contribution is -2.53. The number of amides is 2. The molecule has 0 aromatic carbocycles. The van der Waals surface area contributed by atoms with Crippen molar-refractivity contribution in [3.05, 3.63) is 24.3 Å². The summed E-state index contributed by atoms with van der Waals surface area (Å²) < 4.78 is 0.637. The zero-order valence-electron chi connectivity index (χ0n) is 33.1. The fraction of sp³-hybridized carbons (Fsp3) is 0.860. The van der Waals surface area contributed by atoms with Crippen LogP contribution in [0.3, 0.4) is 0 Å². The minimum Gasteiger partial charge on any atom is -0.391 e. The van der Waals surface area contributed by atoms with Gasteiger partial charge in [0.15, 0.2) is 0 Å². The summed E-state index contributed by atoms with van der Waals surface area (Å²) in [6.45, 7) is 7.96. The normalized spacial score (nSPS) is 12.0. The van der Waals surface area contributed by atoms with Gasteiger partial charge in [0.25, 0.3) is 0 Å². The van der Waals surface area contributed by atoms with Crippen LogP contribution in [0, 0.1) is 0 Å². The molecule has 49 heavy (non-hydrogen) atoms. The van der Waals surface area contributed by atoms with Crippen LogP contribution in [-0.2, 0) is 9.59 Å². The van der Waals surface area contributed by atoms with E-state index in [4.69, 9.17) is 0 Å². The molecule has 0 saturated heterocycles. The highest BCUT2D eigenvalue weighted by Gasteiger charge is 2.21. The average Bonchev–Trinajstić information content (AvgIpc) is 3.08. The lowest BCUT2D eigenvalue weighted by Gasteiger charge is -2.34. The number of quaternary nitrogens is 1. The summed E-state index contributed by atoms with van der Waals surface area (Å²) in [5.41, 5.74) is 0. The molecule has 0 aromatic heterocycles. The molecule has 0 spiro atoms. The van der Waals surface area contributed by atoms with E-state index in [0.717, 1.165) is 38.8 Å². The smallest absolute Gasteiger partial charge is 0.220 e. The highest BCUT2D eigenvalue weighted by atomic mass is 16.3. The molecule has 0 rings (SSSR count). The number of nitrogens with one attached hydrogen (secondary N) is 2. The molecule has 3 N–H and O–H groups in total. The van der Waals surface area contributed by atoms with Crippen LogP contribution in [0.15, 0.2) is 24.3 Å². The molecule has 6 heteroatoms. The fourth-order valence-corrected chi connectivity index (χ4v) is 6.40. The standard InChI is InChI=1S/C43H83N3O3/c1-4-6-8-10-12-14-16-18-20-22-24-26-28-30-32-34-42(48)44-36-38-46(3,40-41-47)39-37-45-43(49)35-33-31-29-27-25-23-21-19-17-15-13-11-9-7-5-2/h18-21,47H,4-17,22-41H2,1-3H3,(H-,44,45,48,49)/p+1/b20-18+,21-19+. The second-order valence-electron chi connectivity index (χ2n) is 14.9. The Kier molecular flexibility index (Phi) is 36.3. The molecular weight excluding hydrogens is 606 g/mol. The molecule has 0 aromatic rings. The number of rotatable bonds is 38. The Morgan fingerprint density at radius 1 is 0.469 bits per heavy atom. The topological polar surface area (TPSA) is 78.4 Å². The third kappa shape index (κ3) is 36.0. The Hall–Kier alpha value is -1.66. The molecule has 0 heterocycles. The minimum absolute atomic E-state index is 0.0994. The van der Waals surface area contributed by atoms with Crippen LogP contribution in [0.1, 0.15) is 194 Å². The first-order chi connectivity index (χ1) is 24.0. The molecule has 0 bridgehead atoms. The molecule has 288 valence electrons. The Morgan fingerprint density at radius 3 is 1.10 bits per heavy atom. The van der Waals surface area contributed by atoms with E-state index in [1.165, 1.54) is 141 Å². The number of aliphatic hydroxyl groups is 1. The number of hydrogen-bond acceptors (Lipinski definition) is 3. The van der Waals surface area contributed by atoms with E-state index in [9.17, 15) is 14.7 Å². The van der Waals surface area contributed by atoms with Crippen molar-refractivity contribution in [3.8, 4) is 0 Å². The van der Waals surface area contributed by atoms with Gasteiger partial charge in [-0.15, -0.1) is 0 Å². The number of allylic oxidation sites excluding steroid dienone is 4. The maximum atomic E-state index is 12.4. The third-order valence-corrected chi connectivity index (χ3v) is 9.92. The van der Waals surface area contributed by atoms with E-state index in [2.05, 4.69) is 55.8 Å². The summed E-state index contributed by atoms with van der Waals surface area (Å²) >= 11 is 0. The summed E-state index contributed by atoms with van der Waals surface area (Å²) in [6.07, 6.45) is 43.4. The second-order valence-corrected chi connectivity index (χ2v) is 14.9. The van der Waals surface area contributed by atoms with Gasteiger partial charge in [0.05, 0.1) is 39.8 Å². The van der Waals surface area contributed by atoms with Crippen molar-refractivity contribution in [1.82, 2.24) is 10.6 Å². The fourth-order valence-electron chi connectivity index (χ4n) is 6.40. The number of unbranched alkanes of at least 4 members (excludes halogenated alkanes) is 22. The van der Waals surface area contributed by atoms with Gasteiger partial charge >= 0.3 is 0 Å². The van der Waals surface area contributed by atoms with E-state index in [1.807, 2.05) is 0 Å². The zero-order valence-corrected chi connectivity index (χ0v) is 33.1. The summed E-state index contributed by atoms with van der Waals surface area (Å²) in [7, 11) is 2.10. The molecule has 0 fully saturated rings. The first-order valence-electron chi connectivity index (χ1n) is 21.2. The SMILES string of the molecule is CCCCCCCC/C=C/CCCCCCCC(=O)NCC[N+](C)(CCO)CCNC(=O)CCCCCCC/C=C/CCCCCCCC. The molecule has 0 atom stereocenters. The van der Waals surface area contributed by atoms with Crippen molar-refractivity contribution in [2.45, 2.75) is 194 Å². The molecule has 0 saturated carbocycles. The van der Waals surface area contributed by atoms with Crippen LogP contribution in [-0.4, -0.2) is 67.8 Å². The summed E-state index contributed by atoms with van der Waals surface area (Å²) in [4.78, 5) is 24.7. The maximum Gasteiger partial charge on any atom is 0.220 e. The number of carbonyl (C=O) groups excluding carboxylic acids is 2. The highest BCUT2D eigenvalue weighted by Crippen LogP contribution is 2.12. The lowest BCUT2D eigenvalue weighted by molar-refractivity contribution is -0.907. The second kappa shape index (κ2) is 37.6. The number of nitrogens with zero attached hydrogens (tertiary/aromatic N) is 1. The van der Waals surface area contributed by atoms with E-state index in [0.29, 0.717) is 37.0 Å². The van der Waals surface area contributed by atoms with Gasteiger partial charge in [-0.3, -0.25) is 9.59 Å². The molecule has 0 unspecified atom stereocenters. The lowest BCUT2D eigenvalue weighted by atomic mass is 10.1. The van der Waals surface area contributed by atoms with Gasteiger partial charge in [0, 0.05) is 12.8 Å². The van der Waals surface area contributed by atoms with Gasteiger partial charge in [0.2, 0.25) is 11.8 Å². The van der Waals surface area contributed by atoms with Crippen molar-refractivity contribution >= 4 is 11.8 Å². The van der Waals surface area contributed by atoms with Gasteiger partial charge in [-0.2, -0.15) is 0 Å². The Labute approximate surface area is 305 Å². The van der Waals surface area contributed by atoms with Gasteiger partial charge < -0.3 is 20.2 Å². The highest BCUT2D eigenvalue weighted by molar-refractivity contribution is 5.76. The number of likely N-dealkylation sites (N-methyl/N-ethyl adjacent to an activating group) is 1. The largest absolute Gasteiger partial charge is 0.391 e. The first kappa shape index (κ1) is 47.3. The van der Waals surface area contributed by atoms with Gasteiger partial charge in [0.1, 0.15) is 6.54 Å². The Bertz CT molecular complexity index is 724. The molecule has 0 radical (unpaired) electrons. The molecule has 0 aliphatic heterocycles. The van der Waals surface area contributed by atoms with E-state index < -0.39 is 0 Å².